The van der Waals surface area contributed by atoms with Crippen LogP contribution >= 0.6 is 23.2 Å². The van der Waals surface area contributed by atoms with E-state index in [4.69, 9.17) is 38.3 Å². The molecule has 9 heteroatoms. The first kappa shape index (κ1) is 21.0. The molecule has 0 unspecified atom stereocenters. The molecule has 0 atom stereocenters. The first-order valence-corrected chi connectivity index (χ1v) is 11.1. The molecular formula is C23H19Cl2FN5O. The minimum Gasteiger partial charge on any atom is -0.402 e. The van der Waals surface area contributed by atoms with E-state index in [0.717, 1.165) is 31.5 Å². The van der Waals surface area contributed by atoms with Crippen LogP contribution in [0.5, 0.6) is 0 Å². The van der Waals surface area contributed by atoms with Gasteiger partial charge in [0.15, 0.2) is 11.5 Å². The molecule has 1 aliphatic carbocycles. The highest BCUT2D eigenvalue weighted by molar-refractivity contribution is 6.31. The largest absolute Gasteiger partial charge is 0.402 e. The highest BCUT2D eigenvalue weighted by Gasteiger charge is 2.31. The number of hydrogen-bond acceptors (Lipinski definition) is 5. The lowest BCUT2D eigenvalue weighted by Gasteiger charge is -2.23. The number of aromatic nitrogens is 4. The first-order chi connectivity index (χ1) is 15.5. The SMILES string of the molecule is Nc1nnc(-c2nc(C3CCCCC3)n(-c3[c]ccc(Cl)c3)c2-c2cccc(Cl)c2F)o1. The molecule has 1 saturated carbocycles. The summed E-state index contributed by atoms with van der Waals surface area (Å²) in [7, 11) is 0. The number of anilines is 1. The Bertz CT molecular complexity index is 1280. The number of halogens is 3. The average molecular weight is 471 g/mol. The van der Waals surface area contributed by atoms with Crippen molar-refractivity contribution in [2.24, 2.45) is 0 Å². The van der Waals surface area contributed by atoms with Crippen molar-refractivity contribution >= 4 is 29.2 Å². The topological polar surface area (TPSA) is 82.8 Å². The molecule has 0 saturated heterocycles. The number of nitrogens with two attached hydrogens (primary N) is 1. The maximum Gasteiger partial charge on any atom is 0.313 e. The number of imidazole rings is 1. The van der Waals surface area contributed by atoms with Crippen LogP contribution in [0.25, 0.3) is 28.5 Å². The number of benzene rings is 2. The van der Waals surface area contributed by atoms with Gasteiger partial charge in [-0.1, -0.05) is 59.7 Å². The summed E-state index contributed by atoms with van der Waals surface area (Å²) in [5.41, 5.74) is 7.35. The quantitative estimate of drug-likeness (QED) is 0.369. The van der Waals surface area contributed by atoms with Crippen LogP contribution in [0.1, 0.15) is 43.8 Å². The van der Waals surface area contributed by atoms with Crippen molar-refractivity contribution in [3.63, 3.8) is 0 Å². The second-order valence-electron chi connectivity index (χ2n) is 7.78. The molecule has 0 amide bonds. The molecular weight excluding hydrogens is 452 g/mol. The van der Waals surface area contributed by atoms with E-state index in [2.05, 4.69) is 16.3 Å². The van der Waals surface area contributed by atoms with Gasteiger partial charge in [0.05, 0.1) is 16.4 Å². The molecule has 2 heterocycles. The zero-order valence-electron chi connectivity index (χ0n) is 17.0. The Labute approximate surface area is 194 Å². The van der Waals surface area contributed by atoms with Gasteiger partial charge in [0, 0.05) is 22.6 Å². The van der Waals surface area contributed by atoms with Gasteiger partial charge in [-0.3, -0.25) is 4.57 Å². The Hall–Kier alpha value is -2.90. The molecule has 0 aliphatic heterocycles. The van der Waals surface area contributed by atoms with Crippen LogP contribution in [0, 0.1) is 11.9 Å². The Morgan fingerprint density at radius 2 is 1.94 bits per heavy atom. The fraction of sp³-hybridized carbons (Fsp3) is 0.261. The van der Waals surface area contributed by atoms with E-state index in [0.29, 0.717) is 22.1 Å². The molecule has 1 fully saturated rings. The van der Waals surface area contributed by atoms with E-state index in [1.165, 1.54) is 12.5 Å². The maximum absolute atomic E-state index is 15.3. The van der Waals surface area contributed by atoms with Crippen LogP contribution in [0.2, 0.25) is 10.0 Å². The Balaban J connectivity index is 1.86. The van der Waals surface area contributed by atoms with Crippen LogP contribution in [-0.4, -0.2) is 19.7 Å². The van der Waals surface area contributed by atoms with Crippen LogP contribution in [-0.2, 0) is 0 Å². The third-order valence-electron chi connectivity index (χ3n) is 5.71. The zero-order chi connectivity index (χ0) is 22.2. The zero-order valence-corrected chi connectivity index (χ0v) is 18.5. The molecule has 0 bridgehead atoms. The van der Waals surface area contributed by atoms with Crippen molar-refractivity contribution in [2.75, 3.05) is 5.73 Å². The molecule has 163 valence electrons. The van der Waals surface area contributed by atoms with Gasteiger partial charge in [-0.15, -0.1) is 5.10 Å². The van der Waals surface area contributed by atoms with E-state index >= 15 is 4.39 Å². The highest BCUT2D eigenvalue weighted by Crippen LogP contribution is 2.42. The lowest BCUT2D eigenvalue weighted by Crippen LogP contribution is -2.12. The van der Waals surface area contributed by atoms with Crippen molar-refractivity contribution in [1.82, 2.24) is 19.7 Å². The summed E-state index contributed by atoms with van der Waals surface area (Å²) in [6, 6.07) is 13.2. The van der Waals surface area contributed by atoms with Crippen molar-refractivity contribution in [3.8, 4) is 28.5 Å². The molecule has 1 radical (unpaired) electrons. The van der Waals surface area contributed by atoms with Gasteiger partial charge in [-0.2, -0.15) is 0 Å². The molecule has 6 nitrogen and oxygen atoms in total. The normalized spacial score (nSPS) is 14.7. The second-order valence-corrected chi connectivity index (χ2v) is 8.62. The highest BCUT2D eigenvalue weighted by atomic mass is 35.5. The minimum absolute atomic E-state index is 0.000494. The lowest BCUT2D eigenvalue weighted by molar-refractivity contribution is 0.426. The molecule has 1 aliphatic rings. The Morgan fingerprint density at radius 1 is 1.12 bits per heavy atom. The summed E-state index contributed by atoms with van der Waals surface area (Å²) in [5, 5.41) is 8.33. The summed E-state index contributed by atoms with van der Waals surface area (Å²) in [6.07, 6.45) is 5.32. The fourth-order valence-corrected chi connectivity index (χ4v) is 4.63. The number of nitrogens with zero attached hydrogens (tertiary/aromatic N) is 4. The van der Waals surface area contributed by atoms with E-state index in [-0.39, 0.29) is 28.4 Å². The average Bonchev–Trinajstić information content (AvgIpc) is 3.40. The van der Waals surface area contributed by atoms with E-state index in [9.17, 15) is 0 Å². The van der Waals surface area contributed by atoms with E-state index < -0.39 is 5.82 Å². The second kappa shape index (κ2) is 8.56. The summed E-state index contributed by atoms with van der Waals surface area (Å²) < 4.78 is 22.7. The monoisotopic (exact) mass is 470 g/mol. The molecule has 4 aromatic rings. The van der Waals surface area contributed by atoms with Gasteiger partial charge < -0.3 is 10.2 Å². The summed E-state index contributed by atoms with van der Waals surface area (Å²) >= 11 is 12.4. The van der Waals surface area contributed by atoms with E-state index in [1.54, 1.807) is 30.3 Å². The van der Waals surface area contributed by atoms with Crippen LogP contribution in [0.4, 0.5) is 10.4 Å². The van der Waals surface area contributed by atoms with Gasteiger partial charge in [0.2, 0.25) is 0 Å². The van der Waals surface area contributed by atoms with Gasteiger partial charge in [0.1, 0.15) is 5.82 Å². The molecule has 2 aromatic heterocycles. The fourth-order valence-electron chi connectivity index (χ4n) is 4.29. The van der Waals surface area contributed by atoms with Gasteiger partial charge in [0.25, 0.3) is 5.89 Å². The van der Waals surface area contributed by atoms with Crippen molar-refractivity contribution in [1.29, 1.82) is 0 Å². The standard InChI is InChI=1S/C23H19Cl2FN5O/c24-14-8-4-9-15(12-14)31-20(16-10-5-11-17(25)18(16)26)19(22-29-30-23(27)32-22)28-21(31)13-6-2-1-3-7-13/h4-5,8,10-13H,1-3,6-7H2,(H2,27,30). The smallest absolute Gasteiger partial charge is 0.313 e. The summed E-state index contributed by atoms with van der Waals surface area (Å²) in [5.74, 6) is 0.478. The number of nitrogen functional groups attached to an aromatic ring is 1. The van der Waals surface area contributed by atoms with Crippen LogP contribution < -0.4 is 5.73 Å². The van der Waals surface area contributed by atoms with Gasteiger partial charge >= 0.3 is 6.01 Å². The van der Waals surface area contributed by atoms with E-state index in [1.807, 2.05) is 4.57 Å². The van der Waals surface area contributed by atoms with Gasteiger partial charge in [-0.05, 0) is 37.1 Å². The molecule has 32 heavy (non-hydrogen) atoms. The van der Waals surface area contributed by atoms with Crippen molar-refractivity contribution in [2.45, 2.75) is 38.0 Å². The van der Waals surface area contributed by atoms with Crippen molar-refractivity contribution < 1.29 is 8.81 Å². The molecule has 5 rings (SSSR count). The first-order valence-electron chi connectivity index (χ1n) is 10.4. The summed E-state index contributed by atoms with van der Waals surface area (Å²) in [6.45, 7) is 0. The third kappa shape index (κ3) is 3.76. The van der Waals surface area contributed by atoms with Crippen LogP contribution in [0.15, 0.2) is 40.8 Å². The van der Waals surface area contributed by atoms with Gasteiger partial charge in [-0.25, -0.2) is 9.37 Å². The Kier molecular flexibility index (Phi) is 5.61. The van der Waals surface area contributed by atoms with Crippen LogP contribution in [0.3, 0.4) is 0 Å². The Morgan fingerprint density at radius 3 is 2.66 bits per heavy atom. The predicted octanol–water partition coefficient (Wildman–Crippen LogP) is 6.47. The lowest BCUT2D eigenvalue weighted by atomic mass is 9.88. The molecule has 0 spiro atoms. The summed E-state index contributed by atoms with van der Waals surface area (Å²) in [4.78, 5) is 4.91. The molecule has 2 N–H and O–H groups in total. The molecule has 2 aromatic carbocycles. The third-order valence-corrected chi connectivity index (χ3v) is 6.24. The maximum atomic E-state index is 15.3. The number of rotatable bonds is 4. The minimum atomic E-state index is -0.568. The number of hydrogen-bond donors (Lipinski definition) is 1. The van der Waals surface area contributed by atoms with Crippen molar-refractivity contribution in [3.05, 3.63) is 64.2 Å². The predicted molar refractivity (Wildman–Crippen MR) is 121 cm³/mol.